The molecule has 1 aromatic rings. The van der Waals surface area contributed by atoms with Crippen LogP contribution in [0.2, 0.25) is 0 Å². The Morgan fingerprint density at radius 2 is 1.74 bits per heavy atom. The number of sulfonamides is 1. The molecule has 0 amide bonds. The molecule has 0 saturated heterocycles. The Kier molecular flexibility index (Phi) is 2.80. The Hall–Kier alpha value is -1.36. The Morgan fingerprint density at radius 3 is 2.52 bits per heavy atom. The van der Waals surface area contributed by atoms with Gasteiger partial charge in [-0.15, -0.1) is 0 Å². The van der Waals surface area contributed by atoms with Gasteiger partial charge in [0.2, 0.25) is 0 Å². The molecule has 4 aliphatic rings. The van der Waals surface area contributed by atoms with Crippen LogP contribution in [0.1, 0.15) is 31.2 Å². The van der Waals surface area contributed by atoms with Gasteiger partial charge in [-0.05, 0) is 74.3 Å². The van der Waals surface area contributed by atoms with E-state index >= 15 is 0 Å². The minimum Gasteiger partial charge on any atom is -0.200 e. The average Bonchev–Trinajstić information content (AvgIpc) is 3.15. The summed E-state index contributed by atoms with van der Waals surface area (Å²) in [4.78, 5) is 2.80. The van der Waals surface area contributed by atoms with E-state index in [1.54, 1.807) is 12.1 Å². The normalized spacial score (nSPS) is 41.9. The van der Waals surface area contributed by atoms with Crippen LogP contribution in [0.25, 0.3) is 0 Å². The molecular weight excluding hydrogens is 308 g/mol. The van der Waals surface area contributed by atoms with E-state index in [0.29, 0.717) is 10.8 Å². The monoisotopic (exact) mass is 330 g/mol. The van der Waals surface area contributed by atoms with Crippen molar-refractivity contribution in [3.8, 4) is 0 Å². The second-order valence-electron chi connectivity index (χ2n) is 7.87. The summed E-state index contributed by atoms with van der Waals surface area (Å²) in [6.45, 7) is 1.95. The van der Waals surface area contributed by atoms with Crippen LogP contribution < -0.4 is 4.83 Å². The minimum absolute atomic E-state index is 0.291. The van der Waals surface area contributed by atoms with Crippen LogP contribution in [-0.2, 0) is 10.0 Å². The van der Waals surface area contributed by atoms with Crippen LogP contribution >= 0.6 is 0 Å². The van der Waals surface area contributed by atoms with Crippen LogP contribution in [0.3, 0.4) is 0 Å². The van der Waals surface area contributed by atoms with Crippen LogP contribution in [0, 0.1) is 42.4 Å². The first kappa shape index (κ1) is 14.0. The summed E-state index contributed by atoms with van der Waals surface area (Å²) in [5.41, 5.74) is 2.18. The van der Waals surface area contributed by atoms with Crippen molar-refractivity contribution in [3.63, 3.8) is 0 Å². The third-order valence-corrected chi connectivity index (χ3v) is 8.19. The van der Waals surface area contributed by atoms with Crippen molar-refractivity contribution >= 4 is 15.7 Å². The SMILES string of the molecule is Cc1ccc(S(=O)(=O)N/N=C2\C[C@H]3[C@@H]4CC[C@@H]5[C@@H]4C[C@@H]3[C@H]25)cc1. The molecule has 2 bridgehead atoms. The lowest BCUT2D eigenvalue weighted by Gasteiger charge is -2.25. The summed E-state index contributed by atoms with van der Waals surface area (Å²) in [6, 6.07) is 6.92. The van der Waals surface area contributed by atoms with E-state index in [9.17, 15) is 8.42 Å². The minimum atomic E-state index is -3.55. The molecule has 0 aromatic heterocycles. The topological polar surface area (TPSA) is 58.5 Å². The first-order chi connectivity index (χ1) is 11.0. The first-order valence-corrected chi connectivity index (χ1v) is 10.2. The predicted octanol–water partition coefficient (Wildman–Crippen LogP) is 2.94. The molecule has 1 N–H and O–H groups in total. The number of aryl methyl sites for hydroxylation is 1. The van der Waals surface area contributed by atoms with Gasteiger partial charge in [0.05, 0.1) is 4.90 Å². The van der Waals surface area contributed by atoms with Crippen molar-refractivity contribution in [2.45, 2.75) is 37.5 Å². The Labute approximate surface area is 137 Å². The Morgan fingerprint density at radius 1 is 1.00 bits per heavy atom. The summed E-state index contributed by atoms with van der Waals surface area (Å²) in [7, 11) is -3.55. The largest absolute Gasteiger partial charge is 0.276 e. The van der Waals surface area contributed by atoms with Crippen molar-refractivity contribution in [3.05, 3.63) is 29.8 Å². The van der Waals surface area contributed by atoms with Crippen molar-refractivity contribution < 1.29 is 8.42 Å². The quantitative estimate of drug-likeness (QED) is 0.866. The van der Waals surface area contributed by atoms with Crippen LogP contribution in [0.15, 0.2) is 34.3 Å². The molecule has 4 aliphatic carbocycles. The highest BCUT2D eigenvalue weighted by molar-refractivity contribution is 7.89. The fraction of sp³-hybridized carbons (Fsp3) is 0.611. The molecule has 0 spiro atoms. The van der Waals surface area contributed by atoms with Gasteiger partial charge in [0.15, 0.2) is 0 Å². The molecule has 122 valence electrons. The molecule has 5 rings (SSSR count). The van der Waals surface area contributed by atoms with Gasteiger partial charge in [0.1, 0.15) is 0 Å². The fourth-order valence-electron chi connectivity index (χ4n) is 6.18. The van der Waals surface area contributed by atoms with E-state index < -0.39 is 10.0 Å². The van der Waals surface area contributed by atoms with Crippen molar-refractivity contribution in [1.82, 2.24) is 4.83 Å². The summed E-state index contributed by atoms with van der Waals surface area (Å²) in [5, 5.41) is 4.41. The molecule has 0 aliphatic heterocycles. The fourth-order valence-corrected chi connectivity index (χ4v) is 7.02. The molecular formula is C18H22N2O2S. The molecule has 23 heavy (non-hydrogen) atoms. The lowest BCUT2D eigenvalue weighted by molar-refractivity contribution is 0.235. The number of benzene rings is 1. The van der Waals surface area contributed by atoms with E-state index in [2.05, 4.69) is 9.93 Å². The summed E-state index contributed by atoms with van der Waals surface area (Å²) < 4.78 is 24.9. The Bertz CT molecular complexity index is 780. The number of rotatable bonds is 3. The molecule has 1 aromatic carbocycles. The van der Waals surface area contributed by atoms with Crippen LogP contribution in [0.5, 0.6) is 0 Å². The lowest BCUT2D eigenvalue weighted by Crippen LogP contribution is -2.26. The zero-order valence-corrected chi connectivity index (χ0v) is 14.1. The zero-order chi connectivity index (χ0) is 15.8. The number of hydrogen-bond acceptors (Lipinski definition) is 3. The van der Waals surface area contributed by atoms with Gasteiger partial charge in [-0.2, -0.15) is 13.5 Å². The number of nitrogens with one attached hydrogen (secondary N) is 1. The molecule has 4 nitrogen and oxygen atoms in total. The summed E-state index contributed by atoms with van der Waals surface area (Å²) >= 11 is 0. The third kappa shape index (κ3) is 1.89. The van der Waals surface area contributed by atoms with Gasteiger partial charge in [0, 0.05) is 11.6 Å². The Balaban J connectivity index is 1.40. The van der Waals surface area contributed by atoms with Gasteiger partial charge >= 0.3 is 0 Å². The molecule has 6 atom stereocenters. The number of hydrogen-bond donors (Lipinski definition) is 1. The highest BCUT2D eigenvalue weighted by Gasteiger charge is 2.65. The predicted molar refractivity (Wildman–Crippen MR) is 88.3 cm³/mol. The number of fused-ring (bicyclic) bond motifs is 2. The molecule has 5 heteroatoms. The van der Waals surface area contributed by atoms with Gasteiger partial charge < -0.3 is 0 Å². The number of nitrogens with zero attached hydrogens (tertiary/aromatic N) is 1. The van der Waals surface area contributed by atoms with Gasteiger partial charge in [-0.1, -0.05) is 17.7 Å². The number of hydrazone groups is 1. The van der Waals surface area contributed by atoms with Gasteiger partial charge in [-0.3, -0.25) is 0 Å². The van der Waals surface area contributed by atoms with Gasteiger partial charge in [-0.25, -0.2) is 4.83 Å². The first-order valence-electron chi connectivity index (χ1n) is 8.69. The third-order valence-electron chi connectivity index (χ3n) is 6.97. The van der Waals surface area contributed by atoms with E-state index in [1.165, 1.54) is 19.3 Å². The van der Waals surface area contributed by atoms with E-state index in [0.717, 1.165) is 47.3 Å². The molecule has 4 fully saturated rings. The van der Waals surface area contributed by atoms with Gasteiger partial charge in [0.25, 0.3) is 10.0 Å². The van der Waals surface area contributed by atoms with E-state index in [4.69, 9.17) is 0 Å². The van der Waals surface area contributed by atoms with E-state index in [1.807, 2.05) is 19.1 Å². The smallest absolute Gasteiger partial charge is 0.200 e. The second-order valence-corrected chi connectivity index (χ2v) is 9.53. The van der Waals surface area contributed by atoms with Crippen molar-refractivity contribution in [1.29, 1.82) is 0 Å². The second kappa shape index (κ2) is 4.59. The average molecular weight is 330 g/mol. The standard InChI is InChI=1S/C18H22N2O2S/c1-10-2-4-11(5-3-10)23(21,22)20-19-17-9-15-12-6-7-13-14(12)8-16(15)18(13)17/h2-5,12-16,18,20H,6-9H2,1H3/b19-17+/t12-,13-,14-,15+,16+,18-/m1/s1. The lowest BCUT2D eigenvalue weighted by atomic mass is 9.80. The molecule has 0 unspecified atom stereocenters. The van der Waals surface area contributed by atoms with Crippen LogP contribution in [0.4, 0.5) is 0 Å². The van der Waals surface area contributed by atoms with Crippen molar-refractivity contribution in [2.24, 2.45) is 40.6 Å². The van der Waals surface area contributed by atoms with Crippen molar-refractivity contribution in [2.75, 3.05) is 0 Å². The molecule has 4 saturated carbocycles. The molecule has 0 heterocycles. The zero-order valence-electron chi connectivity index (χ0n) is 13.3. The maximum Gasteiger partial charge on any atom is 0.276 e. The molecule has 0 radical (unpaired) electrons. The van der Waals surface area contributed by atoms with Crippen LogP contribution in [-0.4, -0.2) is 14.1 Å². The van der Waals surface area contributed by atoms with E-state index in [-0.39, 0.29) is 0 Å². The summed E-state index contributed by atoms with van der Waals surface area (Å²) in [5.74, 6) is 4.74. The summed E-state index contributed by atoms with van der Waals surface area (Å²) in [6.07, 6.45) is 5.12. The highest BCUT2D eigenvalue weighted by atomic mass is 32.2. The maximum absolute atomic E-state index is 12.4. The highest BCUT2D eigenvalue weighted by Crippen LogP contribution is 2.69. The maximum atomic E-state index is 12.4.